The second-order valence-corrected chi connectivity index (χ2v) is 12.8. The third-order valence-corrected chi connectivity index (χ3v) is 8.81. The number of rotatable bonds is 14. The van der Waals surface area contributed by atoms with Gasteiger partial charge in [-0.3, -0.25) is 9.59 Å². The van der Waals surface area contributed by atoms with Crippen LogP contribution < -0.4 is 11.1 Å². The van der Waals surface area contributed by atoms with E-state index >= 15 is 0 Å². The summed E-state index contributed by atoms with van der Waals surface area (Å²) in [5, 5.41) is 132. The first-order valence-electron chi connectivity index (χ1n) is 16.9. The SMILES string of the molecule is COC(=O)[C@H](Cc1ccccc1)NC(=O)[C@@H](N)CC(=O)O.OC[C@H]1O[C@@](CO)(O[C@H]2O[C@H](CO)[C@@H](O)[C@H](O)[C@H]2O)[C@@H](O)[C@@H]1O.OC[C@H]1O[C@](O)(CO)[C@@H](O)[C@@H]1O. The van der Waals surface area contributed by atoms with Crippen LogP contribution in [0.4, 0.5) is 0 Å². The molecule has 24 nitrogen and oxygen atoms in total. The fourth-order valence-electron chi connectivity index (χ4n) is 5.52. The van der Waals surface area contributed by atoms with Crippen molar-refractivity contribution < 1.29 is 110 Å². The van der Waals surface area contributed by atoms with Crippen molar-refractivity contribution in [3.05, 3.63) is 35.9 Å². The van der Waals surface area contributed by atoms with E-state index in [-0.39, 0.29) is 6.42 Å². The molecule has 3 aliphatic heterocycles. The molecular weight excluding hydrogens is 764 g/mol. The summed E-state index contributed by atoms with van der Waals surface area (Å²) in [4.78, 5) is 34.0. The lowest BCUT2D eigenvalue weighted by molar-refractivity contribution is -0.383. The van der Waals surface area contributed by atoms with Crippen molar-refractivity contribution in [2.45, 2.75) is 104 Å². The van der Waals surface area contributed by atoms with Crippen molar-refractivity contribution >= 4 is 17.8 Å². The van der Waals surface area contributed by atoms with Gasteiger partial charge in [0.25, 0.3) is 0 Å². The van der Waals surface area contributed by atoms with Crippen molar-refractivity contribution in [3.8, 4) is 0 Å². The van der Waals surface area contributed by atoms with E-state index in [1.165, 1.54) is 7.11 Å². The molecule has 0 unspecified atom stereocenters. The number of aliphatic hydroxyl groups is 13. The number of amides is 1. The number of nitrogens with two attached hydrogens (primary N) is 1. The summed E-state index contributed by atoms with van der Waals surface area (Å²) >= 11 is 0. The van der Waals surface area contributed by atoms with Gasteiger partial charge in [-0.15, -0.1) is 0 Å². The number of hydrogen-bond donors (Lipinski definition) is 16. The highest BCUT2D eigenvalue weighted by Crippen LogP contribution is 2.36. The third-order valence-electron chi connectivity index (χ3n) is 8.81. The van der Waals surface area contributed by atoms with Crippen LogP contribution in [0.5, 0.6) is 0 Å². The number of nitrogens with one attached hydrogen (secondary N) is 1. The predicted molar refractivity (Wildman–Crippen MR) is 179 cm³/mol. The van der Waals surface area contributed by atoms with Crippen LogP contribution in [0.2, 0.25) is 0 Å². The van der Waals surface area contributed by atoms with E-state index in [0.29, 0.717) is 0 Å². The lowest BCUT2D eigenvalue weighted by atomic mass is 9.99. The first-order valence-corrected chi connectivity index (χ1v) is 16.9. The molecular formula is C32H52N2O22. The number of carbonyl (C=O) groups excluding carboxylic acids is 2. The third kappa shape index (κ3) is 12.2. The molecule has 1 aromatic rings. The summed E-state index contributed by atoms with van der Waals surface area (Å²) in [6.07, 6.45) is -17.0. The highest BCUT2D eigenvalue weighted by atomic mass is 16.8. The second-order valence-electron chi connectivity index (χ2n) is 12.8. The number of carboxylic acids is 1. The van der Waals surface area contributed by atoms with Crippen molar-refractivity contribution in [3.63, 3.8) is 0 Å². The fraction of sp³-hybridized carbons (Fsp3) is 0.719. The van der Waals surface area contributed by atoms with E-state index in [0.717, 1.165) is 5.56 Å². The van der Waals surface area contributed by atoms with Crippen molar-refractivity contribution in [2.24, 2.45) is 5.73 Å². The van der Waals surface area contributed by atoms with Gasteiger partial charge in [-0.05, 0) is 5.56 Å². The normalized spacial score (nSPS) is 36.2. The molecule has 0 aromatic heterocycles. The van der Waals surface area contributed by atoms with E-state index < -0.39 is 148 Å². The number of ether oxygens (including phenoxy) is 5. The lowest BCUT2D eigenvalue weighted by Crippen LogP contribution is -2.62. The van der Waals surface area contributed by atoms with Crippen LogP contribution in [0.25, 0.3) is 0 Å². The van der Waals surface area contributed by atoms with E-state index in [1.807, 2.05) is 18.2 Å². The average Bonchev–Trinajstić information content (AvgIpc) is 3.57. The molecule has 4 rings (SSSR count). The maximum Gasteiger partial charge on any atom is 0.328 e. The van der Waals surface area contributed by atoms with Gasteiger partial charge in [0, 0.05) is 6.42 Å². The zero-order valence-electron chi connectivity index (χ0n) is 29.9. The first kappa shape index (κ1) is 49.1. The largest absolute Gasteiger partial charge is 0.481 e. The molecule has 0 spiro atoms. The number of aliphatic carboxylic acids is 1. The molecule has 3 heterocycles. The monoisotopic (exact) mass is 816 g/mol. The zero-order chi connectivity index (χ0) is 42.5. The number of methoxy groups -OCH3 is 1. The van der Waals surface area contributed by atoms with Crippen LogP contribution in [-0.4, -0.2) is 220 Å². The van der Waals surface area contributed by atoms with Crippen LogP contribution >= 0.6 is 0 Å². The minimum absolute atomic E-state index is 0.235. The molecule has 1 aromatic carbocycles. The Morgan fingerprint density at radius 2 is 1.34 bits per heavy atom. The Morgan fingerprint density at radius 1 is 0.786 bits per heavy atom. The van der Waals surface area contributed by atoms with Gasteiger partial charge in [-0.1, -0.05) is 30.3 Å². The van der Waals surface area contributed by atoms with Crippen molar-refractivity contribution in [2.75, 3.05) is 40.1 Å². The van der Waals surface area contributed by atoms with E-state index in [1.54, 1.807) is 12.1 Å². The predicted octanol–water partition coefficient (Wildman–Crippen LogP) is -8.93. The van der Waals surface area contributed by atoms with Gasteiger partial charge < -0.3 is 106 Å². The number of hydrogen-bond acceptors (Lipinski definition) is 22. The van der Waals surface area contributed by atoms with Crippen LogP contribution in [0.15, 0.2) is 30.3 Å². The Morgan fingerprint density at radius 3 is 1.79 bits per heavy atom. The van der Waals surface area contributed by atoms with Gasteiger partial charge in [0.1, 0.15) is 73.7 Å². The Bertz CT molecular complexity index is 1360. The molecule has 0 radical (unpaired) electrons. The summed E-state index contributed by atoms with van der Waals surface area (Å²) in [6.45, 7) is -3.68. The minimum atomic E-state index is -2.22. The maximum atomic E-state index is 11.8. The summed E-state index contributed by atoms with van der Waals surface area (Å²) in [6, 6.07) is 6.93. The number of benzene rings is 1. The Kier molecular flexibility index (Phi) is 19.4. The summed E-state index contributed by atoms with van der Waals surface area (Å²) in [5.74, 6) is -6.89. The van der Waals surface area contributed by atoms with Gasteiger partial charge in [0.05, 0.1) is 46.0 Å². The molecule has 24 heteroatoms. The summed E-state index contributed by atoms with van der Waals surface area (Å²) in [5.41, 5.74) is 6.29. The number of carbonyl (C=O) groups is 3. The minimum Gasteiger partial charge on any atom is -0.481 e. The molecule has 3 aliphatic rings. The van der Waals surface area contributed by atoms with Crippen LogP contribution in [0.1, 0.15) is 12.0 Å². The van der Waals surface area contributed by atoms with Gasteiger partial charge >= 0.3 is 11.9 Å². The Balaban J connectivity index is 0.000000304. The number of carboxylic acid groups (broad SMARTS) is 1. The van der Waals surface area contributed by atoms with Gasteiger partial charge in [0.15, 0.2) is 6.29 Å². The van der Waals surface area contributed by atoms with Gasteiger partial charge in [0.2, 0.25) is 17.5 Å². The molecule has 0 aliphatic carbocycles. The standard InChI is InChI=1S/C14H18N2O5.C12H22O11.C6H12O6/c1-21-14(20)11(7-9-5-3-2-4-6-9)16-13(19)10(15)8-12(17)18;13-1-4-6(16)8(18)9(19)11(21-4)23-12(3-15)10(20)7(17)5(2-14)22-12;7-1-3-4(9)5(10)6(11,2-8)12-3/h2-6,10-11H,7-8,15H2,1H3,(H,16,19)(H,17,18);4-11,13-20H,1-3H2;3-5,7-11H,1-2H2/t10-,11-;4-,5-,6-,7-,8+,9-,10+,11-,12+;3-,4-,5+,6-/m011/s1. The summed E-state index contributed by atoms with van der Waals surface area (Å²) < 4.78 is 24.7. The van der Waals surface area contributed by atoms with Crippen molar-refractivity contribution in [1.29, 1.82) is 0 Å². The van der Waals surface area contributed by atoms with Crippen molar-refractivity contribution in [1.82, 2.24) is 5.32 Å². The maximum absolute atomic E-state index is 11.8. The molecule has 0 bridgehead atoms. The number of esters is 1. The van der Waals surface area contributed by atoms with Crippen LogP contribution in [-0.2, 0) is 44.5 Å². The van der Waals surface area contributed by atoms with E-state index in [4.69, 9.17) is 55.7 Å². The molecule has 1 amide bonds. The molecule has 15 atom stereocenters. The first-order chi connectivity index (χ1) is 26.3. The molecule has 3 fully saturated rings. The topological polar surface area (TPSA) is 419 Å². The van der Waals surface area contributed by atoms with Crippen LogP contribution in [0.3, 0.4) is 0 Å². The molecule has 3 saturated heterocycles. The zero-order valence-corrected chi connectivity index (χ0v) is 29.9. The highest BCUT2D eigenvalue weighted by Gasteiger charge is 2.58. The Hall–Kier alpha value is -3.09. The molecule has 17 N–H and O–H groups in total. The lowest BCUT2D eigenvalue weighted by Gasteiger charge is -2.43. The molecule has 322 valence electrons. The second kappa shape index (κ2) is 22.2. The fourth-order valence-corrected chi connectivity index (χ4v) is 5.52. The quantitative estimate of drug-likeness (QED) is 0.0775. The molecule has 0 saturated carbocycles. The Labute approximate surface area is 318 Å². The van der Waals surface area contributed by atoms with E-state index in [2.05, 4.69) is 14.8 Å². The van der Waals surface area contributed by atoms with E-state index in [9.17, 15) is 50.1 Å². The highest BCUT2D eigenvalue weighted by molar-refractivity contribution is 5.89. The van der Waals surface area contributed by atoms with Crippen LogP contribution in [0, 0.1) is 0 Å². The average molecular weight is 817 g/mol. The van der Waals surface area contributed by atoms with Gasteiger partial charge in [-0.25, -0.2) is 4.79 Å². The molecule has 56 heavy (non-hydrogen) atoms. The smallest absolute Gasteiger partial charge is 0.328 e. The van der Waals surface area contributed by atoms with Gasteiger partial charge in [-0.2, -0.15) is 0 Å². The number of aliphatic hydroxyl groups excluding tert-OH is 12. The summed E-state index contributed by atoms with van der Waals surface area (Å²) in [7, 11) is 1.21.